The molecule has 2 N–H and O–H groups in total. The number of hydrogen-bond acceptors (Lipinski definition) is 3. The van der Waals surface area contributed by atoms with E-state index in [0.717, 1.165) is 32.5 Å². The van der Waals surface area contributed by atoms with Crippen LogP contribution >= 0.6 is 0 Å². The van der Waals surface area contributed by atoms with E-state index >= 15 is 0 Å². The minimum atomic E-state index is -0.387. The average Bonchev–Trinajstić information content (AvgIpc) is 3.39. The van der Waals surface area contributed by atoms with Crippen LogP contribution in [-0.4, -0.2) is 46.9 Å². The topological polar surface area (TPSA) is 49.6 Å². The zero-order chi connectivity index (χ0) is 16.2. The van der Waals surface area contributed by atoms with Gasteiger partial charge >= 0.3 is 0 Å². The molecule has 0 spiro atoms. The van der Waals surface area contributed by atoms with Gasteiger partial charge in [0, 0.05) is 25.2 Å². The van der Waals surface area contributed by atoms with Gasteiger partial charge < -0.3 is 10.6 Å². The Morgan fingerprint density at radius 2 is 2.00 bits per heavy atom. The van der Waals surface area contributed by atoms with Crippen LogP contribution in [0.25, 0.3) is 0 Å². The van der Waals surface area contributed by atoms with Gasteiger partial charge in [0.2, 0.25) is 5.91 Å². The Bertz CT molecular complexity index is 513. The summed E-state index contributed by atoms with van der Waals surface area (Å²) in [6.45, 7) is 4.76. The van der Waals surface area contributed by atoms with Crippen molar-refractivity contribution in [2.24, 2.45) is 5.73 Å². The summed E-state index contributed by atoms with van der Waals surface area (Å²) in [6, 6.07) is 11.2. The van der Waals surface area contributed by atoms with Gasteiger partial charge in [-0.1, -0.05) is 36.8 Å². The lowest BCUT2D eigenvalue weighted by molar-refractivity contribution is -0.134. The highest BCUT2D eigenvalue weighted by atomic mass is 16.2. The van der Waals surface area contributed by atoms with Gasteiger partial charge in [0.05, 0.1) is 6.04 Å². The average molecular weight is 315 g/mol. The Hall–Kier alpha value is -1.39. The van der Waals surface area contributed by atoms with Crippen LogP contribution in [0.2, 0.25) is 0 Å². The van der Waals surface area contributed by atoms with E-state index in [9.17, 15) is 4.79 Å². The minimum absolute atomic E-state index is 0.123. The highest BCUT2D eigenvalue weighted by molar-refractivity contribution is 5.81. The molecule has 23 heavy (non-hydrogen) atoms. The standard InChI is InChI=1S/C19H29N3O/c1-15(20)19(23)22(17-10-11-17)14-18-9-5-6-12-21(18)13-16-7-3-2-4-8-16/h2-4,7-8,15,17-18H,5-6,9-14,20H2,1H3/t15-,18?/m0/s1. The van der Waals surface area contributed by atoms with Crippen LogP contribution in [0.3, 0.4) is 0 Å². The largest absolute Gasteiger partial charge is 0.337 e. The Kier molecular flexibility index (Phi) is 5.34. The van der Waals surface area contributed by atoms with Gasteiger partial charge in [-0.25, -0.2) is 0 Å². The molecule has 0 bridgehead atoms. The quantitative estimate of drug-likeness (QED) is 0.877. The monoisotopic (exact) mass is 315 g/mol. The fraction of sp³-hybridized carbons (Fsp3) is 0.632. The Morgan fingerprint density at radius 1 is 1.26 bits per heavy atom. The van der Waals surface area contributed by atoms with Crippen molar-refractivity contribution in [2.75, 3.05) is 13.1 Å². The third-order valence-corrected chi connectivity index (χ3v) is 5.05. The van der Waals surface area contributed by atoms with Gasteiger partial charge in [-0.15, -0.1) is 0 Å². The summed E-state index contributed by atoms with van der Waals surface area (Å²) in [4.78, 5) is 17.1. The lowest BCUT2D eigenvalue weighted by Crippen LogP contribution is -2.51. The minimum Gasteiger partial charge on any atom is -0.337 e. The van der Waals surface area contributed by atoms with Crippen molar-refractivity contribution >= 4 is 5.91 Å². The molecule has 2 fully saturated rings. The number of likely N-dealkylation sites (tertiary alicyclic amines) is 1. The number of benzene rings is 1. The molecule has 3 rings (SSSR count). The van der Waals surface area contributed by atoms with Crippen LogP contribution in [0.1, 0.15) is 44.6 Å². The molecule has 126 valence electrons. The van der Waals surface area contributed by atoms with Crippen molar-refractivity contribution in [3.05, 3.63) is 35.9 Å². The Morgan fingerprint density at radius 3 is 2.65 bits per heavy atom. The summed E-state index contributed by atoms with van der Waals surface area (Å²) in [5.41, 5.74) is 7.22. The second-order valence-corrected chi connectivity index (χ2v) is 7.12. The number of amides is 1. The molecule has 0 aromatic heterocycles. The molecule has 1 saturated heterocycles. The summed E-state index contributed by atoms with van der Waals surface area (Å²) >= 11 is 0. The lowest BCUT2D eigenvalue weighted by atomic mass is 10.00. The fourth-order valence-corrected chi connectivity index (χ4v) is 3.59. The highest BCUT2D eigenvalue weighted by Gasteiger charge is 2.36. The van der Waals surface area contributed by atoms with Crippen molar-refractivity contribution in [2.45, 2.75) is 63.7 Å². The number of carbonyl (C=O) groups is 1. The number of nitrogens with zero attached hydrogens (tertiary/aromatic N) is 2. The van der Waals surface area contributed by atoms with Crippen LogP contribution < -0.4 is 5.73 Å². The molecule has 2 aliphatic rings. The van der Waals surface area contributed by atoms with Crippen molar-refractivity contribution in [3.8, 4) is 0 Å². The predicted molar refractivity (Wildman–Crippen MR) is 92.9 cm³/mol. The zero-order valence-corrected chi connectivity index (χ0v) is 14.2. The first-order chi connectivity index (χ1) is 11.1. The van der Waals surface area contributed by atoms with Gasteiger partial charge in [0.1, 0.15) is 0 Å². The molecule has 4 heteroatoms. The second kappa shape index (κ2) is 7.45. The maximum Gasteiger partial charge on any atom is 0.239 e. The van der Waals surface area contributed by atoms with E-state index in [1.807, 2.05) is 0 Å². The summed E-state index contributed by atoms with van der Waals surface area (Å²) < 4.78 is 0. The van der Waals surface area contributed by atoms with Crippen LogP contribution in [0.15, 0.2) is 30.3 Å². The third kappa shape index (κ3) is 4.33. The molecule has 1 saturated carbocycles. The van der Waals surface area contributed by atoms with E-state index in [1.54, 1.807) is 6.92 Å². The first kappa shape index (κ1) is 16.5. The van der Waals surface area contributed by atoms with Crippen molar-refractivity contribution in [3.63, 3.8) is 0 Å². The van der Waals surface area contributed by atoms with Crippen LogP contribution in [0, 0.1) is 0 Å². The number of nitrogens with two attached hydrogens (primary N) is 1. The molecule has 2 atom stereocenters. The van der Waals surface area contributed by atoms with Crippen molar-refractivity contribution in [1.29, 1.82) is 0 Å². The molecule has 1 aromatic rings. The Labute approximate surface area is 139 Å². The van der Waals surface area contributed by atoms with E-state index in [-0.39, 0.29) is 11.9 Å². The maximum atomic E-state index is 12.4. The number of carbonyl (C=O) groups excluding carboxylic acids is 1. The predicted octanol–water partition coefficient (Wildman–Crippen LogP) is 2.38. The molecular formula is C19H29N3O. The summed E-state index contributed by atoms with van der Waals surface area (Å²) in [6.07, 6.45) is 5.99. The molecule has 1 aliphatic heterocycles. The van der Waals surface area contributed by atoms with E-state index in [4.69, 9.17) is 5.73 Å². The maximum absolute atomic E-state index is 12.4. The van der Waals surface area contributed by atoms with Crippen LogP contribution in [0.5, 0.6) is 0 Å². The van der Waals surface area contributed by atoms with Crippen molar-refractivity contribution < 1.29 is 4.79 Å². The molecule has 4 nitrogen and oxygen atoms in total. The summed E-state index contributed by atoms with van der Waals surface area (Å²) in [5.74, 6) is 0.123. The Balaban J connectivity index is 1.66. The van der Waals surface area contributed by atoms with E-state index in [0.29, 0.717) is 12.1 Å². The molecular weight excluding hydrogens is 286 g/mol. The highest BCUT2D eigenvalue weighted by Crippen LogP contribution is 2.29. The van der Waals surface area contributed by atoms with E-state index in [2.05, 4.69) is 40.1 Å². The van der Waals surface area contributed by atoms with E-state index in [1.165, 1.54) is 24.8 Å². The SMILES string of the molecule is C[C@H](N)C(=O)N(CC1CCCCN1Cc1ccccc1)C1CC1. The first-order valence-electron chi connectivity index (χ1n) is 8.99. The van der Waals surface area contributed by atoms with Gasteiger partial charge in [0.15, 0.2) is 0 Å². The smallest absolute Gasteiger partial charge is 0.239 e. The second-order valence-electron chi connectivity index (χ2n) is 7.12. The van der Waals surface area contributed by atoms with Gasteiger partial charge in [-0.2, -0.15) is 0 Å². The normalized spacial score (nSPS) is 23.5. The molecule has 1 amide bonds. The van der Waals surface area contributed by atoms with Gasteiger partial charge in [0.25, 0.3) is 0 Å². The number of piperidine rings is 1. The summed E-state index contributed by atoms with van der Waals surface area (Å²) in [5, 5.41) is 0. The molecule has 1 unspecified atom stereocenters. The van der Waals surface area contributed by atoms with E-state index < -0.39 is 0 Å². The van der Waals surface area contributed by atoms with Gasteiger partial charge in [-0.3, -0.25) is 9.69 Å². The zero-order valence-electron chi connectivity index (χ0n) is 14.2. The van der Waals surface area contributed by atoms with Crippen LogP contribution in [0.4, 0.5) is 0 Å². The molecule has 1 aliphatic carbocycles. The number of rotatable bonds is 6. The molecule has 1 aromatic carbocycles. The van der Waals surface area contributed by atoms with Gasteiger partial charge in [-0.05, 0) is 44.7 Å². The molecule has 0 radical (unpaired) electrons. The van der Waals surface area contributed by atoms with Crippen LogP contribution in [-0.2, 0) is 11.3 Å². The fourth-order valence-electron chi connectivity index (χ4n) is 3.59. The lowest BCUT2D eigenvalue weighted by Gasteiger charge is -2.39. The first-order valence-corrected chi connectivity index (χ1v) is 8.99. The summed E-state index contributed by atoms with van der Waals surface area (Å²) in [7, 11) is 0. The number of hydrogen-bond donors (Lipinski definition) is 1. The molecule has 1 heterocycles. The van der Waals surface area contributed by atoms with Crippen molar-refractivity contribution in [1.82, 2.24) is 9.80 Å². The third-order valence-electron chi connectivity index (χ3n) is 5.05.